The number of likely N-dealkylation sites (tertiary alicyclic amines) is 1. The van der Waals surface area contributed by atoms with Gasteiger partial charge in [-0.15, -0.1) is 5.10 Å². The van der Waals surface area contributed by atoms with Crippen LogP contribution >= 0.6 is 0 Å². The molecule has 142 valence electrons. The largest absolute Gasteiger partial charge is 0.451 e. The molecule has 1 aromatic rings. The zero-order chi connectivity index (χ0) is 19.0. The van der Waals surface area contributed by atoms with Gasteiger partial charge >= 0.3 is 24.1 Å². The van der Waals surface area contributed by atoms with Gasteiger partial charge in [-0.25, -0.2) is 14.3 Å². The van der Waals surface area contributed by atoms with Gasteiger partial charge in [0.2, 0.25) is 5.82 Å². The number of hydrogen-bond acceptors (Lipinski definition) is 4. The Bertz CT molecular complexity index is 684. The molecule has 2 heterocycles. The molecule has 25 heavy (non-hydrogen) atoms. The van der Waals surface area contributed by atoms with E-state index in [4.69, 9.17) is 0 Å². The average molecular weight is 376 g/mol. The standard InChI is InChI=1S/C12H14F6N4O3/c1-20-8(12(16,17)18)19-22(9(20)23)7-2-4-21(5-3-7)10(24)25-6-11(13,14)15/h7H,2-6H2,1H3. The molecule has 0 spiro atoms. The summed E-state index contributed by atoms with van der Waals surface area (Å²) in [6, 6.07) is -0.693. The summed E-state index contributed by atoms with van der Waals surface area (Å²) in [6.07, 6.45) is -10.5. The van der Waals surface area contributed by atoms with Crippen LogP contribution < -0.4 is 5.69 Å². The second kappa shape index (κ2) is 6.59. The van der Waals surface area contributed by atoms with Crippen molar-refractivity contribution in [1.82, 2.24) is 19.2 Å². The fraction of sp³-hybridized carbons (Fsp3) is 0.750. The number of hydrogen-bond donors (Lipinski definition) is 0. The van der Waals surface area contributed by atoms with Crippen molar-refractivity contribution < 1.29 is 35.9 Å². The number of piperidine rings is 1. The minimum Gasteiger partial charge on any atom is -0.440 e. The second-order valence-electron chi connectivity index (χ2n) is 5.50. The summed E-state index contributed by atoms with van der Waals surface area (Å²) >= 11 is 0. The van der Waals surface area contributed by atoms with E-state index >= 15 is 0 Å². The minimum absolute atomic E-state index is 0.0638. The molecule has 0 bridgehead atoms. The monoisotopic (exact) mass is 376 g/mol. The van der Waals surface area contributed by atoms with Crippen LogP contribution in [0.15, 0.2) is 4.79 Å². The van der Waals surface area contributed by atoms with E-state index in [1.165, 1.54) is 0 Å². The molecular formula is C12H14F6N4O3. The van der Waals surface area contributed by atoms with E-state index in [9.17, 15) is 35.9 Å². The fourth-order valence-electron chi connectivity index (χ4n) is 2.47. The molecule has 7 nitrogen and oxygen atoms in total. The van der Waals surface area contributed by atoms with Crippen molar-refractivity contribution in [3.05, 3.63) is 16.3 Å². The Balaban J connectivity index is 2.01. The molecule has 1 aliphatic rings. The lowest BCUT2D eigenvalue weighted by atomic mass is 10.1. The van der Waals surface area contributed by atoms with Crippen molar-refractivity contribution in [3.63, 3.8) is 0 Å². The molecule has 1 aliphatic heterocycles. The zero-order valence-corrected chi connectivity index (χ0v) is 12.9. The van der Waals surface area contributed by atoms with Crippen LogP contribution in [0.1, 0.15) is 24.7 Å². The maximum atomic E-state index is 12.8. The van der Waals surface area contributed by atoms with Gasteiger partial charge in [0.25, 0.3) is 0 Å². The first-order chi connectivity index (χ1) is 11.4. The van der Waals surface area contributed by atoms with Crippen LogP contribution in [-0.2, 0) is 18.0 Å². The van der Waals surface area contributed by atoms with E-state index in [1.807, 2.05) is 0 Å². The third-order valence-corrected chi connectivity index (χ3v) is 3.68. The highest BCUT2D eigenvalue weighted by molar-refractivity contribution is 5.67. The van der Waals surface area contributed by atoms with Crippen molar-refractivity contribution in [3.8, 4) is 0 Å². The van der Waals surface area contributed by atoms with Crippen LogP contribution in [0.5, 0.6) is 0 Å². The van der Waals surface area contributed by atoms with E-state index in [0.29, 0.717) is 9.25 Å². The lowest BCUT2D eigenvalue weighted by Gasteiger charge is -2.30. The Morgan fingerprint density at radius 2 is 1.76 bits per heavy atom. The summed E-state index contributed by atoms with van der Waals surface area (Å²) in [7, 11) is 0.943. The number of nitrogens with zero attached hydrogens (tertiary/aromatic N) is 4. The molecule has 1 saturated heterocycles. The maximum absolute atomic E-state index is 12.8. The van der Waals surface area contributed by atoms with E-state index in [-0.39, 0.29) is 25.9 Å². The fourth-order valence-corrected chi connectivity index (χ4v) is 2.47. The van der Waals surface area contributed by atoms with Crippen LogP contribution in [0.25, 0.3) is 0 Å². The minimum atomic E-state index is -4.79. The van der Waals surface area contributed by atoms with Gasteiger partial charge in [0.1, 0.15) is 0 Å². The van der Waals surface area contributed by atoms with E-state index in [1.54, 1.807) is 0 Å². The molecule has 0 N–H and O–H groups in total. The second-order valence-corrected chi connectivity index (χ2v) is 5.50. The highest BCUT2D eigenvalue weighted by Gasteiger charge is 2.39. The summed E-state index contributed by atoms with van der Waals surface area (Å²) in [5, 5.41) is 3.30. The van der Waals surface area contributed by atoms with Crippen molar-refractivity contribution in [2.24, 2.45) is 7.05 Å². The molecule has 2 rings (SSSR count). The molecule has 0 aromatic carbocycles. The highest BCUT2D eigenvalue weighted by atomic mass is 19.4. The van der Waals surface area contributed by atoms with Gasteiger partial charge in [-0.3, -0.25) is 4.57 Å². The summed E-state index contributed by atoms with van der Waals surface area (Å²) in [5.41, 5.74) is -0.953. The number of ether oxygens (including phenoxy) is 1. The number of rotatable bonds is 2. The zero-order valence-electron chi connectivity index (χ0n) is 12.9. The Labute approximate surface area is 136 Å². The summed E-state index contributed by atoms with van der Waals surface area (Å²) in [4.78, 5) is 24.4. The molecule has 0 atom stereocenters. The van der Waals surface area contributed by atoms with Crippen LogP contribution in [0.3, 0.4) is 0 Å². The number of amides is 1. The molecule has 0 aliphatic carbocycles. The van der Waals surface area contributed by atoms with Crippen LogP contribution in [0.2, 0.25) is 0 Å². The predicted molar refractivity (Wildman–Crippen MR) is 69.7 cm³/mol. The third kappa shape index (κ3) is 4.45. The number of alkyl halides is 6. The van der Waals surface area contributed by atoms with Crippen molar-refractivity contribution in [2.45, 2.75) is 31.2 Å². The first-order valence-corrected chi connectivity index (χ1v) is 7.11. The van der Waals surface area contributed by atoms with Gasteiger partial charge in [0.15, 0.2) is 6.61 Å². The molecule has 1 fully saturated rings. The third-order valence-electron chi connectivity index (χ3n) is 3.68. The Morgan fingerprint density at radius 3 is 2.20 bits per heavy atom. The lowest BCUT2D eigenvalue weighted by Crippen LogP contribution is -2.42. The number of halogens is 6. The van der Waals surface area contributed by atoms with Gasteiger partial charge in [0, 0.05) is 20.1 Å². The van der Waals surface area contributed by atoms with Crippen LogP contribution in [0, 0.1) is 0 Å². The van der Waals surface area contributed by atoms with Gasteiger partial charge in [-0.2, -0.15) is 26.3 Å². The topological polar surface area (TPSA) is 69.4 Å². The van der Waals surface area contributed by atoms with Crippen LogP contribution in [0.4, 0.5) is 31.1 Å². The van der Waals surface area contributed by atoms with E-state index in [2.05, 4.69) is 9.84 Å². The molecule has 0 saturated carbocycles. The normalized spacial score (nSPS) is 17.0. The van der Waals surface area contributed by atoms with Crippen molar-refractivity contribution in [2.75, 3.05) is 19.7 Å². The number of carbonyl (C=O) groups is 1. The summed E-state index contributed by atoms with van der Waals surface area (Å²) in [5.74, 6) is -1.34. The maximum Gasteiger partial charge on any atom is 0.451 e. The van der Waals surface area contributed by atoms with Gasteiger partial charge in [0.05, 0.1) is 6.04 Å². The average Bonchev–Trinajstić information content (AvgIpc) is 2.80. The van der Waals surface area contributed by atoms with E-state index < -0.39 is 42.6 Å². The number of carbonyl (C=O) groups excluding carboxylic acids is 1. The highest BCUT2D eigenvalue weighted by Crippen LogP contribution is 2.28. The van der Waals surface area contributed by atoms with Gasteiger partial charge in [-0.1, -0.05) is 0 Å². The predicted octanol–water partition coefficient (Wildman–Crippen LogP) is 1.94. The molecule has 0 unspecified atom stereocenters. The first-order valence-electron chi connectivity index (χ1n) is 7.11. The Kier molecular flexibility index (Phi) is 5.04. The van der Waals surface area contributed by atoms with Gasteiger partial charge in [-0.05, 0) is 12.8 Å². The first kappa shape index (κ1) is 19.1. The molecule has 13 heteroatoms. The van der Waals surface area contributed by atoms with Crippen molar-refractivity contribution in [1.29, 1.82) is 0 Å². The summed E-state index contributed by atoms with van der Waals surface area (Å²) < 4.78 is 79.5. The Morgan fingerprint density at radius 1 is 1.20 bits per heavy atom. The molecule has 1 aromatic heterocycles. The molecule has 0 radical (unpaired) electrons. The van der Waals surface area contributed by atoms with E-state index in [0.717, 1.165) is 11.9 Å². The molecule has 1 amide bonds. The quantitative estimate of drug-likeness (QED) is 0.740. The smallest absolute Gasteiger partial charge is 0.440 e. The van der Waals surface area contributed by atoms with Gasteiger partial charge < -0.3 is 9.64 Å². The lowest BCUT2D eigenvalue weighted by molar-refractivity contribution is -0.162. The summed E-state index contributed by atoms with van der Waals surface area (Å²) in [6.45, 7) is -1.85. The number of aromatic nitrogens is 3. The SMILES string of the molecule is Cn1c(C(F)(F)F)nn(C2CCN(C(=O)OCC(F)(F)F)CC2)c1=O. The van der Waals surface area contributed by atoms with Crippen LogP contribution in [-0.4, -0.2) is 51.2 Å². The van der Waals surface area contributed by atoms with Crippen molar-refractivity contribution >= 4 is 6.09 Å². The Hall–Kier alpha value is -2.21. The molecular weight excluding hydrogens is 362 g/mol.